The number of likely N-dealkylation sites (tertiary alicyclic amines) is 1. The number of carbonyl (C=O) groups excluding carboxylic acids is 1. The maximum absolute atomic E-state index is 12.1. The molecule has 8 heteroatoms. The van der Waals surface area contributed by atoms with Gasteiger partial charge in [-0.2, -0.15) is 0 Å². The predicted octanol–water partition coefficient (Wildman–Crippen LogP) is 3.30. The SMILES string of the molecule is CC(C)(C)CC1(COc2cnccc2-c2cc3c([nH]2)CCNC3=O)CCN1C(=O)O. The van der Waals surface area contributed by atoms with Gasteiger partial charge in [0.2, 0.25) is 0 Å². The Morgan fingerprint density at radius 2 is 2.17 bits per heavy atom. The lowest BCUT2D eigenvalue weighted by Crippen LogP contribution is -2.65. The van der Waals surface area contributed by atoms with Crippen LogP contribution in [0.2, 0.25) is 0 Å². The maximum Gasteiger partial charge on any atom is 0.407 e. The minimum Gasteiger partial charge on any atom is -0.489 e. The molecule has 2 aliphatic heterocycles. The summed E-state index contributed by atoms with van der Waals surface area (Å²) < 4.78 is 6.20. The first-order valence-electron chi connectivity index (χ1n) is 10.3. The van der Waals surface area contributed by atoms with Gasteiger partial charge < -0.3 is 20.1 Å². The lowest BCUT2D eigenvalue weighted by atomic mass is 9.73. The smallest absolute Gasteiger partial charge is 0.407 e. The number of carbonyl (C=O) groups is 2. The topological polar surface area (TPSA) is 108 Å². The Hall–Kier alpha value is -3.03. The molecule has 0 aliphatic carbocycles. The van der Waals surface area contributed by atoms with E-state index in [4.69, 9.17) is 4.74 Å². The van der Waals surface area contributed by atoms with E-state index in [2.05, 4.69) is 36.1 Å². The molecule has 1 unspecified atom stereocenters. The third kappa shape index (κ3) is 3.74. The van der Waals surface area contributed by atoms with Crippen LogP contribution in [0.1, 0.15) is 49.7 Å². The van der Waals surface area contributed by atoms with Crippen LogP contribution in [0.4, 0.5) is 4.79 Å². The number of carboxylic acid groups (broad SMARTS) is 1. The Balaban J connectivity index is 1.60. The Bertz CT molecular complexity index is 978. The predicted molar refractivity (Wildman–Crippen MR) is 112 cm³/mol. The van der Waals surface area contributed by atoms with Gasteiger partial charge in [0, 0.05) is 37.0 Å². The van der Waals surface area contributed by atoms with Gasteiger partial charge in [0.25, 0.3) is 5.91 Å². The number of aromatic nitrogens is 2. The van der Waals surface area contributed by atoms with Crippen molar-refractivity contribution in [3.8, 4) is 17.0 Å². The van der Waals surface area contributed by atoms with Crippen LogP contribution in [0.25, 0.3) is 11.3 Å². The molecule has 0 radical (unpaired) electrons. The highest BCUT2D eigenvalue weighted by molar-refractivity contribution is 5.98. The van der Waals surface area contributed by atoms with Crippen LogP contribution in [0.3, 0.4) is 0 Å². The van der Waals surface area contributed by atoms with Gasteiger partial charge in [-0.1, -0.05) is 20.8 Å². The van der Waals surface area contributed by atoms with Crippen molar-refractivity contribution in [3.05, 3.63) is 35.8 Å². The van der Waals surface area contributed by atoms with Gasteiger partial charge >= 0.3 is 6.09 Å². The number of rotatable bonds is 5. The van der Waals surface area contributed by atoms with Crippen molar-refractivity contribution in [2.45, 2.75) is 45.6 Å². The molecule has 4 heterocycles. The highest BCUT2D eigenvalue weighted by Gasteiger charge is 2.50. The minimum absolute atomic E-state index is 0.0406. The molecule has 4 rings (SSSR count). The molecule has 0 aromatic carbocycles. The van der Waals surface area contributed by atoms with Crippen LogP contribution in [0.15, 0.2) is 24.5 Å². The maximum atomic E-state index is 12.1. The summed E-state index contributed by atoms with van der Waals surface area (Å²) in [7, 11) is 0. The van der Waals surface area contributed by atoms with E-state index in [0.29, 0.717) is 30.8 Å². The van der Waals surface area contributed by atoms with Gasteiger partial charge in [-0.05, 0) is 30.4 Å². The standard InChI is InChI=1S/C22H28N4O4/c1-21(2,3)12-22(6-9-26(22)20(28)29)13-30-18-11-23-7-4-14(18)17-10-15-16(25-17)5-8-24-19(15)27/h4,7,10-11,25H,5-6,8-9,12-13H2,1-3H3,(H,24,27)(H,28,29). The molecule has 3 N–H and O–H groups in total. The largest absolute Gasteiger partial charge is 0.489 e. The highest BCUT2D eigenvalue weighted by atomic mass is 16.5. The van der Waals surface area contributed by atoms with Crippen LogP contribution in [0.5, 0.6) is 5.75 Å². The third-order valence-corrected chi connectivity index (χ3v) is 5.84. The van der Waals surface area contributed by atoms with Crippen molar-refractivity contribution in [2.24, 2.45) is 5.41 Å². The number of H-pyrrole nitrogens is 1. The van der Waals surface area contributed by atoms with Gasteiger partial charge in [0.15, 0.2) is 0 Å². The summed E-state index contributed by atoms with van der Waals surface area (Å²) in [5.74, 6) is 0.494. The third-order valence-electron chi connectivity index (χ3n) is 5.84. The molecule has 1 saturated heterocycles. The number of aromatic amines is 1. The van der Waals surface area contributed by atoms with E-state index in [-0.39, 0.29) is 17.9 Å². The number of ether oxygens (including phenoxy) is 1. The molecule has 0 spiro atoms. The van der Waals surface area contributed by atoms with Crippen LogP contribution in [0, 0.1) is 5.41 Å². The first-order valence-corrected chi connectivity index (χ1v) is 10.3. The Labute approximate surface area is 175 Å². The fourth-order valence-corrected chi connectivity index (χ4v) is 4.58. The van der Waals surface area contributed by atoms with Gasteiger partial charge in [0.1, 0.15) is 12.4 Å². The van der Waals surface area contributed by atoms with Crippen molar-refractivity contribution in [1.29, 1.82) is 0 Å². The van der Waals surface area contributed by atoms with Gasteiger partial charge in [-0.15, -0.1) is 0 Å². The number of nitrogens with zero attached hydrogens (tertiary/aromatic N) is 2. The number of amides is 2. The summed E-state index contributed by atoms with van der Waals surface area (Å²) in [6, 6.07) is 3.68. The molecule has 1 fully saturated rings. The minimum atomic E-state index is -0.913. The zero-order valence-corrected chi connectivity index (χ0v) is 17.6. The Morgan fingerprint density at radius 1 is 1.37 bits per heavy atom. The summed E-state index contributed by atoms with van der Waals surface area (Å²) in [6.07, 6.45) is 4.64. The number of nitrogens with one attached hydrogen (secondary N) is 2. The lowest BCUT2D eigenvalue weighted by molar-refractivity contribution is -0.0524. The van der Waals surface area contributed by atoms with E-state index >= 15 is 0 Å². The molecule has 1 atom stereocenters. The molecule has 2 aromatic heterocycles. The van der Waals surface area contributed by atoms with Gasteiger partial charge in [0.05, 0.1) is 23.0 Å². The number of pyridine rings is 1. The van der Waals surface area contributed by atoms with E-state index in [9.17, 15) is 14.7 Å². The van der Waals surface area contributed by atoms with E-state index in [1.54, 1.807) is 12.4 Å². The van der Waals surface area contributed by atoms with E-state index in [0.717, 1.165) is 29.8 Å². The van der Waals surface area contributed by atoms with Crippen molar-refractivity contribution in [2.75, 3.05) is 19.7 Å². The molecule has 30 heavy (non-hydrogen) atoms. The summed E-state index contributed by atoms with van der Waals surface area (Å²) in [5, 5.41) is 12.5. The van der Waals surface area contributed by atoms with Gasteiger partial charge in [-0.25, -0.2) is 4.79 Å². The second-order valence-electron chi connectivity index (χ2n) is 9.39. The lowest BCUT2D eigenvalue weighted by Gasteiger charge is -2.53. The molecule has 160 valence electrons. The number of hydrogen-bond acceptors (Lipinski definition) is 4. The van der Waals surface area contributed by atoms with Gasteiger partial charge in [-0.3, -0.25) is 14.7 Å². The van der Waals surface area contributed by atoms with Crippen LogP contribution < -0.4 is 10.1 Å². The average Bonchev–Trinajstić information content (AvgIpc) is 3.08. The molecule has 0 saturated carbocycles. The normalized spacial score (nSPS) is 20.9. The van der Waals surface area contributed by atoms with E-state index < -0.39 is 11.6 Å². The van der Waals surface area contributed by atoms with E-state index in [1.807, 2.05) is 12.1 Å². The molecule has 2 amide bonds. The van der Waals surface area contributed by atoms with Crippen molar-refractivity contribution < 1.29 is 19.4 Å². The van der Waals surface area contributed by atoms with Crippen LogP contribution in [-0.2, 0) is 6.42 Å². The van der Waals surface area contributed by atoms with E-state index in [1.165, 1.54) is 4.90 Å². The van der Waals surface area contributed by atoms with Crippen molar-refractivity contribution >= 4 is 12.0 Å². The van der Waals surface area contributed by atoms with Crippen LogP contribution >= 0.6 is 0 Å². The average molecular weight is 412 g/mol. The molecule has 2 aliphatic rings. The Morgan fingerprint density at radius 3 is 2.80 bits per heavy atom. The molecule has 8 nitrogen and oxygen atoms in total. The number of fused-ring (bicyclic) bond motifs is 1. The summed E-state index contributed by atoms with van der Waals surface area (Å²) >= 11 is 0. The van der Waals surface area contributed by atoms with Crippen molar-refractivity contribution in [3.63, 3.8) is 0 Å². The summed E-state index contributed by atoms with van der Waals surface area (Å²) in [6.45, 7) is 7.72. The second-order valence-corrected chi connectivity index (χ2v) is 9.39. The second kappa shape index (κ2) is 7.34. The first-order chi connectivity index (χ1) is 14.2. The zero-order valence-electron chi connectivity index (χ0n) is 17.6. The quantitative estimate of drug-likeness (QED) is 0.698. The van der Waals surface area contributed by atoms with Crippen LogP contribution in [-0.4, -0.2) is 57.2 Å². The van der Waals surface area contributed by atoms with Crippen molar-refractivity contribution in [1.82, 2.24) is 20.2 Å². The first kappa shape index (κ1) is 20.3. The molecule has 2 aromatic rings. The Kier molecular flexibility index (Phi) is 4.95. The fraction of sp³-hybridized carbons (Fsp3) is 0.500. The zero-order chi connectivity index (χ0) is 21.5. The summed E-state index contributed by atoms with van der Waals surface area (Å²) in [5.41, 5.74) is 2.58. The summed E-state index contributed by atoms with van der Waals surface area (Å²) in [4.78, 5) is 32.9. The highest BCUT2D eigenvalue weighted by Crippen LogP contribution is 2.42. The molecular formula is C22H28N4O4. The monoisotopic (exact) mass is 412 g/mol. The molecule has 0 bridgehead atoms. The molecular weight excluding hydrogens is 384 g/mol. The number of hydrogen-bond donors (Lipinski definition) is 3. The fourth-order valence-electron chi connectivity index (χ4n) is 4.58.